The minimum atomic E-state index is 0.0433. The van der Waals surface area contributed by atoms with Gasteiger partial charge < -0.3 is 10.2 Å². The molecule has 2 rings (SSSR count). The minimum absolute atomic E-state index is 0.0433. The van der Waals surface area contributed by atoms with E-state index in [4.69, 9.17) is 10.2 Å². The summed E-state index contributed by atoms with van der Waals surface area (Å²) in [5.74, 6) is 0.859. The standard InChI is InChI=1S/C14H19N3OS/c1-4-12(15)13(11-6-5-7-16-8-11)19-14-17-9(2)10(3)18-14/h5-8,12-13H,4,15H2,1-3H3. The fourth-order valence-electron chi connectivity index (χ4n) is 1.76. The Hall–Kier alpha value is -1.33. The maximum Gasteiger partial charge on any atom is 0.256 e. The van der Waals surface area contributed by atoms with Crippen LogP contribution < -0.4 is 5.73 Å². The number of hydrogen-bond donors (Lipinski definition) is 1. The summed E-state index contributed by atoms with van der Waals surface area (Å²) in [5.41, 5.74) is 8.26. The number of oxazole rings is 1. The normalized spacial score (nSPS) is 14.3. The molecule has 0 bridgehead atoms. The molecule has 0 aliphatic rings. The van der Waals surface area contributed by atoms with Crippen LogP contribution in [0.2, 0.25) is 0 Å². The van der Waals surface area contributed by atoms with Gasteiger partial charge in [0.05, 0.1) is 10.9 Å². The molecule has 0 saturated heterocycles. The maximum atomic E-state index is 6.22. The summed E-state index contributed by atoms with van der Waals surface area (Å²) < 4.78 is 5.64. The van der Waals surface area contributed by atoms with Gasteiger partial charge in [-0.25, -0.2) is 4.98 Å². The van der Waals surface area contributed by atoms with Crippen molar-refractivity contribution in [3.63, 3.8) is 0 Å². The lowest BCUT2D eigenvalue weighted by atomic mass is 10.1. The molecule has 0 aliphatic carbocycles. The minimum Gasteiger partial charge on any atom is -0.437 e. The first kappa shape index (κ1) is 14.1. The van der Waals surface area contributed by atoms with Crippen molar-refractivity contribution in [1.29, 1.82) is 0 Å². The van der Waals surface area contributed by atoms with Gasteiger partial charge in [0, 0.05) is 18.4 Å². The predicted octanol–water partition coefficient (Wildman–Crippen LogP) is 3.26. The van der Waals surface area contributed by atoms with Crippen molar-refractivity contribution in [1.82, 2.24) is 9.97 Å². The van der Waals surface area contributed by atoms with Gasteiger partial charge in [-0.2, -0.15) is 0 Å². The Morgan fingerprint density at radius 3 is 2.74 bits per heavy atom. The third-order valence-electron chi connectivity index (χ3n) is 3.11. The molecule has 0 fully saturated rings. The highest BCUT2D eigenvalue weighted by Crippen LogP contribution is 2.37. The molecular weight excluding hydrogens is 258 g/mol. The topological polar surface area (TPSA) is 64.9 Å². The molecule has 102 valence electrons. The lowest BCUT2D eigenvalue weighted by Crippen LogP contribution is -2.25. The Kier molecular flexibility index (Phi) is 4.61. The molecule has 2 unspecified atom stereocenters. The zero-order valence-electron chi connectivity index (χ0n) is 11.5. The van der Waals surface area contributed by atoms with Crippen molar-refractivity contribution in [3.05, 3.63) is 41.5 Å². The molecule has 2 atom stereocenters. The molecule has 2 N–H and O–H groups in total. The van der Waals surface area contributed by atoms with Crippen LogP contribution in [0.3, 0.4) is 0 Å². The number of pyridine rings is 1. The zero-order valence-corrected chi connectivity index (χ0v) is 12.3. The van der Waals surface area contributed by atoms with E-state index >= 15 is 0 Å². The third-order valence-corrected chi connectivity index (χ3v) is 4.36. The zero-order chi connectivity index (χ0) is 13.8. The summed E-state index contributed by atoms with van der Waals surface area (Å²) in [6, 6.07) is 4.02. The summed E-state index contributed by atoms with van der Waals surface area (Å²) >= 11 is 1.57. The van der Waals surface area contributed by atoms with E-state index in [0.29, 0.717) is 5.22 Å². The molecule has 2 heterocycles. The lowest BCUT2D eigenvalue weighted by molar-refractivity contribution is 0.429. The van der Waals surface area contributed by atoms with Gasteiger partial charge in [-0.15, -0.1) is 0 Å². The van der Waals surface area contributed by atoms with E-state index in [0.717, 1.165) is 23.4 Å². The molecule has 0 radical (unpaired) electrons. The van der Waals surface area contributed by atoms with E-state index in [9.17, 15) is 0 Å². The molecule has 0 amide bonds. The smallest absolute Gasteiger partial charge is 0.256 e. The fourth-order valence-corrected chi connectivity index (χ4v) is 2.99. The summed E-state index contributed by atoms with van der Waals surface area (Å²) in [7, 11) is 0. The quantitative estimate of drug-likeness (QED) is 0.850. The summed E-state index contributed by atoms with van der Waals surface area (Å²) in [6.07, 6.45) is 4.52. The number of hydrogen-bond acceptors (Lipinski definition) is 5. The number of nitrogens with two attached hydrogens (primary N) is 1. The summed E-state index contributed by atoms with van der Waals surface area (Å²) in [4.78, 5) is 8.58. The van der Waals surface area contributed by atoms with Gasteiger partial charge in [-0.3, -0.25) is 4.98 Å². The Balaban J connectivity index is 2.24. The average molecular weight is 277 g/mol. The molecule has 19 heavy (non-hydrogen) atoms. The second kappa shape index (κ2) is 6.21. The van der Waals surface area contributed by atoms with Crippen LogP contribution >= 0.6 is 11.8 Å². The predicted molar refractivity (Wildman–Crippen MR) is 77.1 cm³/mol. The first-order chi connectivity index (χ1) is 9.11. The van der Waals surface area contributed by atoms with E-state index < -0.39 is 0 Å². The second-order valence-corrected chi connectivity index (χ2v) is 5.61. The van der Waals surface area contributed by atoms with Gasteiger partial charge in [0.15, 0.2) is 0 Å². The summed E-state index contributed by atoms with van der Waals surface area (Å²) in [6.45, 7) is 5.95. The number of aromatic nitrogens is 2. The Labute approximate surface area is 117 Å². The van der Waals surface area contributed by atoms with Crippen LogP contribution in [0.4, 0.5) is 0 Å². The molecule has 4 nitrogen and oxygen atoms in total. The van der Waals surface area contributed by atoms with E-state index in [-0.39, 0.29) is 11.3 Å². The SMILES string of the molecule is CCC(N)C(Sc1nc(C)c(C)o1)c1cccnc1. The van der Waals surface area contributed by atoms with Crippen LogP contribution in [-0.4, -0.2) is 16.0 Å². The van der Waals surface area contributed by atoms with Gasteiger partial charge in [0.2, 0.25) is 0 Å². The monoisotopic (exact) mass is 277 g/mol. The van der Waals surface area contributed by atoms with E-state index in [1.165, 1.54) is 0 Å². The molecule has 0 aromatic carbocycles. The highest BCUT2D eigenvalue weighted by atomic mass is 32.2. The Bertz CT molecular complexity index is 507. The van der Waals surface area contributed by atoms with Crippen molar-refractivity contribution in [2.45, 2.75) is 43.7 Å². The molecular formula is C14H19N3OS. The van der Waals surface area contributed by atoms with Gasteiger partial charge in [-0.05, 0) is 31.9 Å². The Morgan fingerprint density at radius 1 is 1.42 bits per heavy atom. The van der Waals surface area contributed by atoms with Gasteiger partial charge >= 0.3 is 0 Å². The first-order valence-electron chi connectivity index (χ1n) is 6.38. The second-order valence-electron chi connectivity index (χ2n) is 4.52. The van der Waals surface area contributed by atoms with Crippen molar-refractivity contribution in [2.75, 3.05) is 0 Å². The van der Waals surface area contributed by atoms with Crippen LogP contribution in [0.5, 0.6) is 0 Å². The number of rotatable bonds is 5. The number of aryl methyl sites for hydroxylation is 2. The van der Waals surface area contributed by atoms with Crippen molar-refractivity contribution < 1.29 is 4.42 Å². The van der Waals surface area contributed by atoms with Crippen molar-refractivity contribution >= 4 is 11.8 Å². The van der Waals surface area contributed by atoms with E-state index in [1.54, 1.807) is 18.0 Å². The average Bonchev–Trinajstić information content (AvgIpc) is 2.75. The fraction of sp³-hybridized carbons (Fsp3) is 0.429. The third kappa shape index (κ3) is 3.36. The molecule has 2 aromatic rings. The van der Waals surface area contributed by atoms with E-state index in [2.05, 4.69) is 16.9 Å². The van der Waals surface area contributed by atoms with Gasteiger partial charge in [-0.1, -0.05) is 24.8 Å². The van der Waals surface area contributed by atoms with Crippen molar-refractivity contribution in [2.24, 2.45) is 5.73 Å². The highest BCUT2D eigenvalue weighted by molar-refractivity contribution is 7.99. The van der Waals surface area contributed by atoms with Crippen LogP contribution in [0.25, 0.3) is 0 Å². The highest BCUT2D eigenvalue weighted by Gasteiger charge is 2.22. The van der Waals surface area contributed by atoms with Gasteiger partial charge in [0.1, 0.15) is 5.76 Å². The molecule has 0 spiro atoms. The molecule has 0 aliphatic heterocycles. The van der Waals surface area contributed by atoms with Gasteiger partial charge in [0.25, 0.3) is 5.22 Å². The number of nitrogens with zero attached hydrogens (tertiary/aromatic N) is 2. The lowest BCUT2D eigenvalue weighted by Gasteiger charge is -2.20. The molecule has 5 heteroatoms. The first-order valence-corrected chi connectivity index (χ1v) is 7.26. The molecule has 0 saturated carbocycles. The Morgan fingerprint density at radius 2 is 2.21 bits per heavy atom. The van der Waals surface area contributed by atoms with Crippen LogP contribution in [0.1, 0.15) is 35.6 Å². The van der Waals surface area contributed by atoms with Crippen LogP contribution in [0, 0.1) is 13.8 Å². The number of thioether (sulfide) groups is 1. The van der Waals surface area contributed by atoms with Crippen molar-refractivity contribution in [3.8, 4) is 0 Å². The van der Waals surface area contributed by atoms with Crippen LogP contribution in [-0.2, 0) is 0 Å². The molecule has 2 aromatic heterocycles. The van der Waals surface area contributed by atoms with E-state index in [1.807, 2.05) is 32.2 Å². The largest absolute Gasteiger partial charge is 0.437 e. The summed E-state index contributed by atoms with van der Waals surface area (Å²) in [5, 5.41) is 0.781. The van der Waals surface area contributed by atoms with Crippen LogP contribution in [0.15, 0.2) is 34.2 Å². The maximum absolute atomic E-state index is 6.22.